The van der Waals surface area contributed by atoms with Crippen molar-refractivity contribution in [2.75, 3.05) is 25.9 Å². The SMILES string of the molecule is CCN(CC)C(=O)CCN(Cc1ccc(C)cc1)S(C)(=O)=O. The van der Waals surface area contributed by atoms with Crippen LogP contribution in [0.1, 0.15) is 31.4 Å². The van der Waals surface area contributed by atoms with E-state index in [2.05, 4.69) is 0 Å². The summed E-state index contributed by atoms with van der Waals surface area (Å²) >= 11 is 0. The Hall–Kier alpha value is -1.40. The summed E-state index contributed by atoms with van der Waals surface area (Å²) in [7, 11) is -3.35. The summed E-state index contributed by atoms with van der Waals surface area (Å²) in [5.74, 6) is -0.0115. The minimum atomic E-state index is -3.35. The van der Waals surface area contributed by atoms with Crippen LogP contribution in [0.4, 0.5) is 0 Å². The van der Waals surface area contributed by atoms with Gasteiger partial charge in [0, 0.05) is 32.6 Å². The van der Waals surface area contributed by atoms with Crippen molar-refractivity contribution in [1.82, 2.24) is 9.21 Å². The molecule has 0 aliphatic heterocycles. The van der Waals surface area contributed by atoms with Crippen molar-refractivity contribution >= 4 is 15.9 Å². The monoisotopic (exact) mass is 326 g/mol. The van der Waals surface area contributed by atoms with Crippen LogP contribution in [0.2, 0.25) is 0 Å². The summed E-state index contributed by atoms with van der Waals surface area (Å²) in [4.78, 5) is 13.8. The lowest BCUT2D eigenvalue weighted by Gasteiger charge is -2.23. The largest absolute Gasteiger partial charge is 0.343 e. The van der Waals surface area contributed by atoms with Gasteiger partial charge in [-0.05, 0) is 26.3 Å². The van der Waals surface area contributed by atoms with Crippen LogP contribution in [0.15, 0.2) is 24.3 Å². The molecule has 0 aliphatic rings. The Balaban J connectivity index is 2.74. The van der Waals surface area contributed by atoms with E-state index in [1.807, 2.05) is 45.0 Å². The van der Waals surface area contributed by atoms with Crippen LogP contribution in [0.5, 0.6) is 0 Å². The van der Waals surface area contributed by atoms with Crippen LogP contribution in [0.3, 0.4) is 0 Å². The van der Waals surface area contributed by atoms with Crippen molar-refractivity contribution in [2.45, 2.75) is 33.7 Å². The molecule has 0 N–H and O–H groups in total. The van der Waals surface area contributed by atoms with E-state index in [1.54, 1.807) is 4.90 Å². The molecule has 22 heavy (non-hydrogen) atoms. The molecule has 1 amide bonds. The van der Waals surface area contributed by atoms with E-state index in [-0.39, 0.29) is 18.9 Å². The highest BCUT2D eigenvalue weighted by molar-refractivity contribution is 7.88. The Morgan fingerprint density at radius 3 is 2.09 bits per heavy atom. The molecule has 0 radical (unpaired) electrons. The first kappa shape index (κ1) is 18.6. The Kier molecular flexibility index (Phi) is 7.03. The molecule has 1 rings (SSSR count). The molecular weight excluding hydrogens is 300 g/mol. The van der Waals surface area contributed by atoms with Crippen LogP contribution in [0.25, 0.3) is 0 Å². The summed E-state index contributed by atoms with van der Waals surface area (Å²) in [6, 6.07) is 7.74. The Morgan fingerprint density at radius 2 is 1.64 bits per heavy atom. The molecule has 0 aromatic heterocycles. The topological polar surface area (TPSA) is 57.7 Å². The van der Waals surface area contributed by atoms with Crippen molar-refractivity contribution < 1.29 is 13.2 Å². The molecule has 1 aromatic rings. The number of rotatable bonds is 8. The minimum Gasteiger partial charge on any atom is -0.343 e. The Bertz CT molecular complexity index is 578. The van der Waals surface area contributed by atoms with Gasteiger partial charge in [0.2, 0.25) is 15.9 Å². The highest BCUT2D eigenvalue weighted by Gasteiger charge is 2.19. The number of aryl methyl sites for hydroxylation is 1. The van der Waals surface area contributed by atoms with Gasteiger partial charge >= 0.3 is 0 Å². The number of carbonyl (C=O) groups excluding carboxylic acids is 1. The predicted octanol–water partition coefficient (Wildman–Crippen LogP) is 2.02. The maximum Gasteiger partial charge on any atom is 0.223 e. The lowest BCUT2D eigenvalue weighted by atomic mass is 10.1. The molecule has 0 saturated heterocycles. The third-order valence-electron chi connectivity index (χ3n) is 3.64. The summed E-state index contributed by atoms with van der Waals surface area (Å²) in [6.45, 7) is 7.62. The van der Waals surface area contributed by atoms with Gasteiger partial charge in [-0.15, -0.1) is 0 Å². The number of carbonyl (C=O) groups is 1. The molecule has 0 spiro atoms. The van der Waals surface area contributed by atoms with E-state index in [0.717, 1.165) is 11.1 Å². The highest BCUT2D eigenvalue weighted by Crippen LogP contribution is 2.11. The fraction of sp³-hybridized carbons (Fsp3) is 0.562. The summed E-state index contributed by atoms with van der Waals surface area (Å²) in [5.41, 5.74) is 2.05. The zero-order valence-electron chi connectivity index (χ0n) is 13.9. The molecule has 0 unspecified atom stereocenters. The van der Waals surface area contributed by atoms with E-state index < -0.39 is 10.0 Å². The van der Waals surface area contributed by atoms with Gasteiger partial charge in [-0.25, -0.2) is 8.42 Å². The predicted molar refractivity (Wildman–Crippen MR) is 89.0 cm³/mol. The normalized spacial score (nSPS) is 11.7. The number of nitrogens with zero attached hydrogens (tertiary/aromatic N) is 2. The van der Waals surface area contributed by atoms with Crippen molar-refractivity contribution in [2.24, 2.45) is 0 Å². The minimum absolute atomic E-state index is 0.0115. The Labute approximate surface area is 134 Å². The fourth-order valence-corrected chi connectivity index (χ4v) is 3.02. The fourth-order valence-electron chi connectivity index (χ4n) is 2.21. The molecule has 0 atom stereocenters. The van der Waals surface area contributed by atoms with Crippen LogP contribution < -0.4 is 0 Å². The molecule has 5 nitrogen and oxygen atoms in total. The van der Waals surface area contributed by atoms with Crippen molar-refractivity contribution in [3.05, 3.63) is 35.4 Å². The zero-order valence-corrected chi connectivity index (χ0v) is 14.7. The van der Waals surface area contributed by atoms with Crippen molar-refractivity contribution in [1.29, 1.82) is 0 Å². The number of benzene rings is 1. The quantitative estimate of drug-likeness (QED) is 0.734. The number of hydrogen-bond donors (Lipinski definition) is 0. The highest BCUT2D eigenvalue weighted by atomic mass is 32.2. The van der Waals surface area contributed by atoms with E-state index in [4.69, 9.17) is 0 Å². The van der Waals surface area contributed by atoms with Gasteiger partial charge in [0.1, 0.15) is 0 Å². The van der Waals surface area contributed by atoms with Crippen molar-refractivity contribution in [3.63, 3.8) is 0 Å². The second kappa shape index (κ2) is 8.29. The van der Waals surface area contributed by atoms with Crippen LogP contribution in [0, 0.1) is 6.92 Å². The summed E-state index contributed by atoms with van der Waals surface area (Å²) in [5, 5.41) is 0. The third-order valence-corrected chi connectivity index (χ3v) is 4.89. The first-order chi connectivity index (χ1) is 10.3. The molecule has 0 bridgehead atoms. The maximum absolute atomic E-state index is 12.0. The third kappa shape index (κ3) is 5.77. The summed E-state index contributed by atoms with van der Waals surface area (Å²) in [6.07, 6.45) is 1.39. The van der Waals surface area contributed by atoms with Gasteiger partial charge in [-0.1, -0.05) is 29.8 Å². The van der Waals surface area contributed by atoms with Gasteiger partial charge in [0.05, 0.1) is 6.26 Å². The number of sulfonamides is 1. The van der Waals surface area contributed by atoms with E-state index >= 15 is 0 Å². The average molecular weight is 326 g/mol. The van der Waals surface area contributed by atoms with Crippen molar-refractivity contribution in [3.8, 4) is 0 Å². The molecule has 1 aromatic carbocycles. The second-order valence-corrected chi connectivity index (χ2v) is 7.38. The second-order valence-electron chi connectivity index (χ2n) is 5.40. The molecule has 0 fully saturated rings. The first-order valence-corrected chi connectivity index (χ1v) is 9.41. The molecule has 0 heterocycles. The molecule has 124 valence electrons. The van der Waals surface area contributed by atoms with Crippen LogP contribution in [-0.4, -0.2) is 49.4 Å². The van der Waals surface area contributed by atoms with Gasteiger partial charge in [-0.3, -0.25) is 4.79 Å². The molecular formula is C16H26N2O3S. The van der Waals surface area contributed by atoms with E-state index in [9.17, 15) is 13.2 Å². The Morgan fingerprint density at radius 1 is 1.09 bits per heavy atom. The summed E-state index contributed by atoms with van der Waals surface area (Å²) < 4.78 is 25.2. The van der Waals surface area contributed by atoms with Gasteiger partial charge in [-0.2, -0.15) is 4.31 Å². The standard InChI is InChI=1S/C16H26N2O3S/c1-5-17(6-2)16(19)11-12-18(22(4,20)21)13-15-9-7-14(3)8-10-15/h7-10H,5-6,11-13H2,1-4H3. The van der Waals surface area contributed by atoms with Gasteiger partial charge < -0.3 is 4.90 Å². The zero-order chi connectivity index (χ0) is 16.8. The maximum atomic E-state index is 12.0. The van der Waals surface area contributed by atoms with Crippen LogP contribution >= 0.6 is 0 Å². The number of amides is 1. The van der Waals surface area contributed by atoms with E-state index in [1.165, 1.54) is 10.6 Å². The first-order valence-electron chi connectivity index (χ1n) is 7.56. The molecule has 0 saturated carbocycles. The van der Waals surface area contributed by atoms with Gasteiger partial charge in [0.15, 0.2) is 0 Å². The average Bonchev–Trinajstić information content (AvgIpc) is 2.45. The van der Waals surface area contributed by atoms with Gasteiger partial charge in [0.25, 0.3) is 0 Å². The molecule has 6 heteroatoms. The lowest BCUT2D eigenvalue weighted by molar-refractivity contribution is -0.130. The molecule has 0 aliphatic carbocycles. The van der Waals surface area contributed by atoms with E-state index in [0.29, 0.717) is 19.6 Å². The van der Waals surface area contributed by atoms with Crippen LogP contribution in [-0.2, 0) is 21.4 Å². The number of hydrogen-bond acceptors (Lipinski definition) is 3. The lowest BCUT2D eigenvalue weighted by Crippen LogP contribution is -2.36. The smallest absolute Gasteiger partial charge is 0.223 e.